The van der Waals surface area contributed by atoms with Crippen molar-refractivity contribution >= 4 is 17.5 Å². The van der Waals surface area contributed by atoms with Gasteiger partial charge in [0, 0.05) is 11.9 Å². The van der Waals surface area contributed by atoms with Crippen LogP contribution in [0.1, 0.15) is 13.8 Å². The molecule has 4 heteroatoms. The molecule has 0 bridgehead atoms. The van der Waals surface area contributed by atoms with Crippen LogP contribution in [0, 0.1) is 0 Å². The van der Waals surface area contributed by atoms with Crippen LogP contribution in [-0.4, -0.2) is 35.6 Å². The lowest BCUT2D eigenvalue weighted by Gasteiger charge is -2.14. The Hall–Kier alpha value is -0.280. The molecule has 2 unspecified atom stereocenters. The monoisotopic (exact) mass is 177 g/mol. The summed E-state index contributed by atoms with van der Waals surface area (Å²) in [6.07, 6.45) is -0.287. The maximum atomic E-state index is 11.2. The van der Waals surface area contributed by atoms with Gasteiger partial charge >= 0.3 is 0 Å². The maximum absolute atomic E-state index is 11.2. The molecule has 1 amide bonds. The molecule has 0 aliphatic carbocycles. The van der Waals surface area contributed by atoms with Crippen molar-refractivity contribution in [1.82, 2.24) is 4.90 Å². The predicted molar refractivity (Wildman–Crippen MR) is 42.4 cm³/mol. The SMILES string of the molecule is CC(Cl)CN1COC(C)C1=O. The molecule has 1 saturated heterocycles. The van der Waals surface area contributed by atoms with Crippen molar-refractivity contribution in [3.05, 3.63) is 0 Å². The van der Waals surface area contributed by atoms with E-state index < -0.39 is 0 Å². The zero-order valence-corrected chi connectivity index (χ0v) is 7.47. The van der Waals surface area contributed by atoms with Crippen molar-refractivity contribution in [2.75, 3.05) is 13.3 Å². The van der Waals surface area contributed by atoms with Gasteiger partial charge < -0.3 is 9.64 Å². The quantitative estimate of drug-likeness (QED) is 0.585. The Morgan fingerprint density at radius 3 is 2.91 bits per heavy atom. The molecule has 11 heavy (non-hydrogen) atoms. The number of halogens is 1. The Morgan fingerprint density at radius 1 is 1.91 bits per heavy atom. The summed E-state index contributed by atoms with van der Waals surface area (Å²) in [6, 6.07) is 0. The summed E-state index contributed by atoms with van der Waals surface area (Å²) in [5, 5.41) is -0.00662. The lowest BCUT2D eigenvalue weighted by atomic mass is 10.3. The van der Waals surface area contributed by atoms with Crippen molar-refractivity contribution in [1.29, 1.82) is 0 Å². The van der Waals surface area contributed by atoms with Crippen LogP contribution in [-0.2, 0) is 9.53 Å². The van der Waals surface area contributed by atoms with Crippen LogP contribution in [0.2, 0.25) is 0 Å². The summed E-state index contributed by atoms with van der Waals surface area (Å²) in [5.74, 6) is 0.0394. The van der Waals surface area contributed by atoms with E-state index >= 15 is 0 Å². The number of alkyl halides is 1. The fourth-order valence-electron chi connectivity index (χ4n) is 1.04. The van der Waals surface area contributed by atoms with Crippen LogP contribution >= 0.6 is 11.6 Å². The smallest absolute Gasteiger partial charge is 0.253 e. The van der Waals surface area contributed by atoms with Crippen molar-refractivity contribution in [3.8, 4) is 0 Å². The Morgan fingerprint density at radius 2 is 2.55 bits per heavy atom. The number of carbonyl (C=O) groups excluding carboxylic acids is 1. The molecule has 1 heterocycles. The van der Waals surface area contributed by atoms with Gasteiger partial charge in [0.25, 0.3) is 5.91 Å². The van der Waals surface area contributed by atoms with E-state index in [-0.39, 0.29) is 17.4 Å². The second-order valence-corrected chi connectivity index (χ2v) is 3.52. The summed E-state index contributed by atoms with van der Waals surface area (Å²) in [7, 11) is 0. The third-order valence-electron chi connectivity index (χ3n) is 1.61. The van der Waals surface area contributed by atoms with Gasteiger partial charge in [0.2, 0.25) is 0 Å². The number of amides is 1. The summed E-state index contributed by atoms with van der Waals surface area (Å²) in [4.78, 5) is 12.8. The van der Waals surface area contributed by atoms with E-state index in [1.165, 1.54) is 0 Å². The largest absolute Gasteiger partial charge is 0.348 e. The van der Waals surface area contributed by atoms with Gasteiger partial charge in [-0.3, -0.25) is 4.79 Å². The Labute approximate surface area is 71.3 Å². The molecule has 3 nitrogen and oxygen atoms in total. The minimum absolute atomic E-state index is 0.00662. The van der Waals surface area contributed by atoms with E-state index in [4.69, 9.17) is 16.3 Å². The number of nitrogens with zero attached hydrogens (tertiary/aromatic N) is 1. The fourth-order valence-corrected chi connectivity index (χ4v) is 1.21. The molecule has 2 atom stereocenters. The van der Waals surface area contributed by atoms with Crippen LogP contribution in [0.25, 0.3) is 0 Å². The fraction of sp³-hybridized carbons (Fsp3) is 0.857. The average molecular weight is 178 g/mol. The Bertz CT molecular complexity index is 161. The van der Waals surface area contributed by atoms with Crippen molar-refractivity contribution < 1.29 is 9.53 Å². The highest BCUT2D eigenvalue weighted by atomic mass is 35.5. The van der Waals surface area contributed by atoms with Gasteiger partial charge in [-0.25, -0.2) is 0 Å². The first kappa shape index (κ1) is 8.81. The predicted octanol–water partition coefficient (Wildman–Crippen LogP) is 0.819. The molecular weight excluding hydrogens is 166 g/mol. The molecule has 0 spiro atoms. The molecule has 0 aromatic heterocycles. The van der Waals surface area contributed by atoms with Crippen LogP contribution in [0.5, 0.6) is 0 Å². The molecule has 0 saturated carbocycles. The van der Waals surface area contributed by atoms with Gasteiger partial charge in [0.05, 0.1) is 0 Å². The minimum atomic E-state index is -0.287. The number of hydrogen-bond acceptors (Lipinski definition) is 2. The molecular formula is C7H12ClNO2. The van der Waals surface area contributed by atoms with Crippen molar-refractivity contribution in [3.63, 3.8) is 0 Å². The third-order valence-corrected chi connectivity index (χ3v) is 1.75. The van der Waals surface area contributed by atoms with Gasteiger partial charge in [-0.1, -0.05) is 0 Å². The molecule has 0 aromatic rings. The first-order valence-electron chi connectivity index (χ1n) is 3.65. The molecule has 1 aliphatic heterocycles. The minimum Gasteiger partial charge on any atom is -0.348 e. The van der Waals surface area contributed by atoms with Crippen LogP contribution in [0.15, 0.2) is 0 Å². The number of ether oxygens (including phenoxy) is 1. The van der Waals surface area contributed by atoms with E-state index in [0.717, 1.165) is 0 Å². The lowest BCUT2D eigenvalue weighted by Crippen LogP contribution is -2.32. The molecule has 1 fully saturated rings. The summed E-state index contributed by atoms with van der Waals surface area (Å²) in [5.41, 5.74) is 0. The Balaban J connectivity index is 2.42. The van der Waals surface area contributed by atoms with Crippen molar-refractivity contribution in [2.24, 2.45) is 0 Å². The van der Waals surface area contributed by atoms with Gasteiger partial charge in [-0.2, -0.15) is 0 Å². The normalized spacial score (nSPS) is 27.7. The molecule has 0 radical (unpaired) electrons. The van der Waals surface area contributed by atoms with E-state index in [0.29, 0.717) is 13.3 Å². The highest BCUT2D eigenvalue weighted by Crippen LogP contribution is 2.10. The second-order valence-electron chi connectivity index (χ2n) is 2.78. The molecule has 1 rings (SSSR count). The van der Waals surface area contributed by atoms with E-state index in [1.54, 1.807) is 11.8 Å². The molecule has 0 N–H and O–H groups in total. The topological polar surface area (TPSA) is 29.5 Å². The molecule has 64 valence electrons. The lowest BCUT2D eigenvalue weighted by molar-refractivity contribution is -0.129. The van der Waals surface area contributed by atoms with Gasteiger partial charge in [-0.05, 0) is 13.8 Å². The molecule has 0 aromatic carbocycles. The third kappa shape index (κ3) is 2.07. The van der Waals surface area contributed by atoms with E-state index in [2.05, 4.69) is 0 Å². The average Bonchev–Trinajstić information content (AvgIpc) is 2.18. The maximum Gasteiger partial charge on any atom is 0.253 e. The highest BCUT2D eigenvalue weighted by Gasteiger charge is 2.28. The van der Waals surface area contributed by atoms with E-state index in [9.17, 15) is 4.79 Å². The van der Waals surface area contributed by atoms with Gasteiger partial charge in [0.1, 0.15) is 12.8 Å². The Kier molecular flexibility index (Phi) is 2.73. The zero-order chi connectivity index (χ0) is 8.43. The molecule has 1 aliphatic rings. The first-order chi connectivity index (χ1) is 5.11. The number of hydrogen-bond donors (Lipinski definition) is 0. The van der Waals surface area contributed by atoms with E-state index in [1.807, 2.05) is 6.92 Å². The van der Waals surface area contributed by atoms with Crippen LogP contribution in [0.3, 0.4) is 0 Å². The van der Waals surface area contributed by atoms with Crippen LogP contribution in [0.4, 0.5) is 0 Å². The highest BCUT2D eigenvalue weighted by molar-refractivity contribution is 6.20. The summed E-state index contributed by atoms with van der Waals surface area (Å²) < 4.78 is 5.10. The zero-order valence-electron chi connectivity index (χ0n) is 6.71. The van der Waals surface area contributed by atoms with Crippen LogP contribution < -0.4 is 0 Å². The summed E-state index contributed by atoms with van der Waals surface area (Å²) >= 11 is 5.72. The first-order valence-corrected chi connectivity index (χ1v) is 4.09. The number of rotatable bonds is 2. The standard InChI is InChI=1S/C7H12ClNO2/c1-5(8)3-9-4-11-6(2)7(9)10/h5-6H,3-4H2,1-2H3. The van der Waals surface area contributed by atoms with Crippen molar-refractivity contribution in [2.45, 2.75) is 25.3 Å². The summed E-state index contributed by atoms with van der Waals surface area (Å²) in [6.45, 7) is 4.57. The second kappa shape index (κ2) is 3.41. The van der Waals surface area contributed by atoms with Gasteiger partial charge in [0.15, 0.2) is 0 Å². The van der Waals surface area contributed by atoms with Gasteiger partial charge in [-0.15, -0.1) is 11.6 Å². The number of carbonyl (C=O) groups is 1.